The Kier molecular flexibility index (Phi) is 4.07. The Morgan fingerprint density at radius 3 is 2.52 bits per heavy atom. The Morgan fingerprint density at radius 2 is 1.90 bits per heavy atom. The summed E-state index contributed by atoms with van der Waals surface area (Å²) in [4.78, 5) is 10.6. The first-order chi connectivity index (χ1) is 9.88. The first-order valence-electron chi connectivity index (χ1n) is 6.35. The minimum atomic E-state index is -0.719. The van der Waals surface area contributed by atoms with E-state index in [2.05, 4.69) is 5.32 Å². The van der Waals surface area contributed by atoms with Crippen molar-refractivity contribution in [1.29, 1.82) is 0 Å². The SMILES string of the molecule is Cc1cc(NCc2ccc(O)c(F)c2)c([N+](=O)[O-])cc1C. The summed E-state index contributed by atoms with van der Waals surface area (Å²) < 4.78 is 13.2. The molecule has 0 heterocycles. The highest BCUT2D eigenvalue weighted by atomic mass is 19.1. The number of hydrogen-bond donors (Lipinski definition) is 2. The van der Waals surface area contributed by atoms with E-state index >= 15 is 0 Å². The van der Waals surface area contributed by atoms with Crippen molar-refractivity contribution in [3.8, 4) is 5.75 Å². The number of phenols is 1. The maximum Gasteiger partial charge on any atom is 0.292 e. The van der Waals surface area contributed by atoms with Crippen molar-refractivity contribution in [3.05, 3.63) is 63.0 Å². The van der Waals surface area contributed by atoms with E-state index in [1.807, 2.05) is 13.8 Å². The summed E-state index contributed by atoms with van der Waals surface area (Å²) in [5.74, 6) is -1.14. The van der Waals surface area contributed by atoms with Crippen LogP contribution in [0.5, 0.6) is 5.75 Å². The van der Waals surface area contributed by atoms with E-state index in [4.69, 9.17) is 5.11 Å². The molecule has 0 fully saturated rings. The number of benzene rings is 2. The van der Waals surface area contributed by atoms with Gasteiger partial charge in [-0.15, -0.1) is 0 Å². The van der Waals surface area contributed by atoms with Crippen molar-refractivity contribution < 1.29 is 14.4 Å². The predicted molar refractivity (Wildman–Crippen MR) is 78.0 cm³/mol. The van der Waals surface area contributed by atoms with Crippen LogP contribution in [0.15, 0.2) is 30.3 Å². The average molecular weight is 290 g/mol. The number of nitro groups is 1. The topological polar surface area (TPSA) is 75.4 Å². The van der Waals surface area contributed by atoms with Crippen molar-refractivity contribution >= 4 is 11.4 Å². The highest BCUT2D eigenvalue weighted by molar-refractivity contribution is 5.64. The van der Waals surface area contributed by atoms with E-state index in [9.17, 15) is 14.5 Å². The molecule has 0 radical (unpaired) electrons. The molecule has 0 saturated carbocycles. The van der Waals surface area contributed by atoms with E-state index < -0.39 is 16.5 Å². The molecule has 0 aliphatic heterocycles. The average Bonchev–Trinajstić information content (AvgIpc) is 2.43. The van der Waals surface area contributed by atoms with Crippen LogP contribution in [0.1, 0.15) is 16.7 Å². The normalized spacial score (nSPS) is 10.4. The minimum Gasteiger partial charge on any atom is -0.505 e. The number of aryl methyl sites for hydroxylation is 2. The lowest BCUT2D eigenvalue weighted by Crippen LogP contribution is -2.04. The molecule has 0 spiro atoms. The molecular formula is C15H15FN2O3. The summed E-state index contributed by atoms with van der Waals surface area (Å²) in [6.07, 6.45) is 0. The van der Waals surface area contributed by atoms with Crippen LogP contribution >= 0.6 is 0 Å². The van der Waals surface area contributed by atoms with Crippen LogP contribution < -0.4 is 5.32 Å². The van der Waals surface area contributed by atoms with Gasteiger partial charge < -0.3 is 10.4 Å². The van der Waals surface area contributed by atoms with Gasteiger partial charge in [0.05, 0.1) is 4.92 Å². The third-order valence-electron chi connectivity index (χ3n) is 3.30. The fraction of sp³-hybridized carbons (Fsp3) is 0.200. The van der Waals surface area contributed by atoms with Crippen molar-refractivity contribution in [2.24, 2.45) is 0 Å². The van der Waals surface area contributed by atoms with Gasteiger partial charge in [0.2, 0.25) is 0 Å². The summed E-state index contributed by atoms with van der Waals surface area (Å²) in [6, 6.07) is 7.20. The van der Waals surface area contributed by atoms with Crippen LogP contribution in [-0.4, -0.2) is 10.0 Å². The molecule has 2 rings (SSSR count). The van der Waals surface area contributed by atoms with Gasteiger partial charge in [0.25, 0.3) is 5.69 Å². The highest BCUT2D eigenvalue weighted by Gasteiger charge is 2.15. The number of rotatable bonds is 4. The fourth-order valence-corrected chi connectivity index (χ4v) is 1.95. The molecule has 5 nitrogen and oxygen atoms in total. The summed E-state index contributed by atoms with van der Waals surface area (Å²) in [6.45, 7) is 3.90. The largest absolute Gasteiger partial charge is 0.505 e. The number of anilines is 1. The zero-order valence-corrected chi connectivity index (χ0v) is 11.7. The predicted octanol–water partition coefficient (Wildman–Crippen LogP) is 3.67. The van der Waals surface area contributed by atoms with E-state index in [0.717, 1.165) is 11.1 Å². The third-order valence-corrected chi connectivity index (χ3v) is 3.30. The molecule has 21 heavy (non-hydrogen) atoms. The molecule has 0 saturated heterocycles. The summed E-state index contributed by atoms with van der Waals surface area (Å²) in [5.41, 5.74) is 2.72. The number of nitrogens with zero attached hydrogens (tertiary/aromatic N) is 1. The molecule has 0 aliphatic carbocycles. The number of halogens is 1. The zero-order chi connectivity index (χ0) is 15.6. The Hall–Kier alpha value is -2.63. The number of hydrogen-bond acceptors (Lipinski definition) is 4. The second-order valence-corrected chi connectivity index (χ2v) is 4.85. The molecule has 2 N–H and O–H groups in total. The smallest absolute Gasteiger partial charge is 0.292 e. The van der Waals surface area contributed by atoms with Crippen LogP contribution in [0.4, 0.5) is 15.8 Å². The first kappa shape index (κ1) is 14.8. The third kappa shape index (κ3) is 3.28. The van der Waals surface area contributed by atoms with Crippen LogP contribution in [0.25, 0.3) is 0 Å². The van der Waals surface area contributed by atoms with Gasteiger partial charge in [-0.05, 0) is 48.7 Å². The van der Waals surface area contributed by atoms with Crippen molar-refractivity contribution in [2.45, 2.75) is 20.4 Å². The zero-order valence-electron chi connectivity index (χ0n) is 11.7. The van der Waals surface area contributed by atoms with Gasteiger partial charge in [-0.2, -0.15) is 0 Å². The van der Waals surface area contributed by atoms with Crippen molar-refractivity contribution in [1.82, 2.24) is 0 Å². The lowest BCUT2D eigenvalue weighted by atomic mass is 10.1. The Labute approximate surface area is 121 Å². The molecule has 0 unspecified atom stereocenters. The van der Waals surface area contributed by atoms with E-state index in [-0.39, 0.29) is 12.2 Å². The lowest BCUT2D eigenvalue weighted by molar-refractivity contribution is -0.384. The van der Waals surface area contributed by atoms with Crippen molar-refractivity contribution in [2.75, 3.05) is 5.32 Å². The lowest BCUT2D eigenvalue weighted by Gasteiger charge is -2.10. The van der Waals surface area contributed by atoms with Gasteiger partial charge in [0, 0.05) is 12.6 Å². The van der Waals surface area contributed by atoms with Gasteiger partial charge in [-0.3, -0.25) is 10.1 Å². The Morgan fingerprint density at radius 1 is 1.24 bits per heavy atom. The minimum absolute atomic E-state index is 0.0163. The van der Waals surface area contributed by atoms with Gasteiger partial charge >= 0.3 is 0 Å². The summed E-state index contributed by atoms with van der Waals surface area (Å²) >= 11 is 0. The summed E-state index contributed by atoms with van der Waals surface area (Å²) in [5, 5.41) is 23.1. The molecule has 2 aromatic carbocycles. The number of nitrogens with one attached hydrogen (secondary N) is 1. The second kappa shape index (κ2) is 5.78. The van der Waals surface area contributed by atoms with E-state index in [1.165, 1.54) is 18.2 Å². The number of aromatic hydroxyl groups is 1. The number of phenolic OH excluding ortho intramolecular Hbond substituents is 1. The standard InChI is InChI=1S/C15H15FN2O3/c1-9-5-13(14(18(20)21)6-10(9)2)17-8-11-3-4-15(19)12(16)7-11/h3-7,17,19H,8H2,1-2H3. The molecule has 0 bridgehead atoms. The van der Waals surface area contributed by atoms with E-state index in [1.54, 1.807) is 12.1 Å². The van der Waals surface area contributed by atoms with Gasteiger partial charge in [-0.25, -0.2) is 4.39 Å². The molecule has 110 valence electrons. The second-order valence-electron chi connectivity index (χ2n) is 4.85. The molecule has 2 aromatic rings. The van der Waals surface area contributed by atoms with Gasteiger partial charge in [-0.1, -0.05) is 6.07 Å². The van der Waals surface area contributed by atoms with Crippen LogP contribution in [0.2, 0.25) is 0 Å². The Bertz CT molecular complexity index is 702. The van der Waals surface area contributed by atoms with Crippen LogP contribution in [0, 0.1) is 29.8 Å². The molecule has 0 amide bonds. The monoisotopic (exact) mass is 290 g/mol. The first-order valence-corrected chi connectivity index (χ1v) is 6.35. The molecule has 0 atom stereocenters. The molecule has 0 aliphatic rings. The molecule has 6 heteroatoms. The fourth-order valence-electron chi connectivity index (χ4n) is 1.95. The molecular weight excluding hydrogens is 275 g/mol. The Balaban J connectivity index is 2.24. The van der Waals surface area contributed by atoms with Gasteiger partial charge in [0.1, 0.15) is 5.69 Å². The van der Waals surface area contributed by atoms with E-state index in [0.29, 0.717) is 11.3 Å². The highest BCUT2D eigenvalue weighted by Crippen LogP contribution is 2.28. The van der Waals surface area contributed by atoms with Gasteiger partial charge in [0.15, 0.2) is 11.6 Å². The van der Waals surface area contributed by atoms with Crippen molar-refractivity contribution in [3.63, 3.8) is 0 Å². The maximum atomic E-state index is 13.2. The maximum absolute atomic E-state index is 13.2. The molecule has 0 aromatic heterocycles. The quantitative estimate of drug-likeness (QED) is 0.665. The van der Waals surface area contributed by atoms with Crippen LogP contribution in [0.3, 0.4) is 0 Å². The number of nitro benzene ring substituents is 1. The van der Waals surface area contributed by atoms with Crippen LogP contribution in [-0.2, 0) is 6.54 Å². The summed E-state index contributed by atoms with van der Waals surface area (Å²) in [7, 11) is 0.